The molecule has 0 unspecified atom stereocenters. The summed E-state index contributed by atoms with van der Waals surface area (Å²) in [5.41, 5.74) is 14.2. The van der Waals surface area contributed by atoms with Gasteiger partial charge in [0.1, 0.15) is 5.65 Å². The molecule has 0 saturated heterocycles. The summed E-state index contributed by atoms with van der Waals surface area (Å²) in [7, 11) is 0. The second kappa shape index (κ2) is 14.0. The SMILES string of the molecule is c1ccc(-c2c(-c3ccccc3)n(-c3ccc(-[n+]4cn5ccccc5n4)cc3)c3c4ccccc4c4cc(-c5ccc(-c6cn7ccccc7n6)cc5)c5ccccc5c4c23)cc1. The highest BCUT2D eigenvalue weighted by Gasteiger charge is 2.27. The lowest BCUT2D eigenvalue weighted by Crippen LogP contribution is -2.31. The molecule has 0 spiro atoms. The largest absolute Gasteiger partial charge is 0.308 e. The number of fused-ring (bicyclic) bond motifs is 10. The smallest absolute Gasteiger partial charge is 0.276 e. The van der Waals surface area contributed by atoms with Gasteiger partial charge in [0, 0.05) is 51.4 Å². The number of hydrogen-bond acceptors (Lipinski definition) is 2. The summed E-state index contributed by atoms with van der Waals surface area (Å²) < 4.78 is 8.56. The molecule has 5 aromatic heterocycles. The minimum Gasteiger partial charge on any atom is -0.308 e. The minimum atomic E-state index is 0.894. The summed E-state index contributed by atoms with van der Waals surface area (Å²) in [6.45, 7) is 0. The van der Waals surface area contributed by atoms with Gasteiger partial charge in [-0.2, -0.15) is 4.40 Å². The Bertz CT molecular complexity index is 3810. The van der Waals surface area contributed by atoms with Crippen molar-refractivity contribution in [1.29, 1.82) is 0 Å². The van der Waals surface area contributed by atoms with Gasteiger partial charge in [0.25, 0.3) is 12.0 Å². The Hall–Kier alpha value is -8.61. The van der Waals surface area contributed by atoms with Gasteiger partial charge in [0.05, 0.1) is 23.1 Å². The van der Waals surface area contributed by atoms with Gasteiger partial charge >= 0.3 is 0 Å². The van der Waals surface area contributed by atoms with E-state index in [1.807, 2.05) is 64.2 Å². The van der Waals surface area contributed by atoms with Gasteiger partial charge in [0.15, 0.2) is 5.69 Å². The third-order valence-electron chi connectivity index (χ3n) is 12.6. The van der Waals surface area contributed by atoms with Crippen LogP contribution >= 0.6 is 0 Å². The molecular formula is C57H37N6+. The first-order valence-corrected chi connectivity index (χ1v) is 21.3. The maximum atomic E-state index is 4.91. The third kappa shape index (κ3) is 5.55. The molecule has 13 rings (SSSR count). The summed E-state index contributed by atoms with van der Waals surface area (Å²) in [5.74, 6) is 0. The number of hydrogen-bond donors (Lipinski definition) is 0. The van der Waals surface area contributed by atoms with Crippen molar-refractivity contribution in [2.45, 2.75) is 0 Å². The number of aromatic nitrogens is 6. The monoisotopic (exact) mass is 805 g/mol. The lowest BCUT2D eigenvalue weighted by Gasteiger charge is -2.17. The van der Waals surface area contributed by atoms with Gasteiger partial charge < -0.3 is 8.97 Å². The molecule has 294 valence electrons. The minimum absolute atomic E-state index is 0.894. The first kappa shape index (κ1) is 35.2. The molecular weight excluding hydrogens is 769 g/mol. The summed E-state index contributed by atoms with van der Waals surface area (Å²) in [4.78, 5) is 4.91. The van der Waals surface area contributed by atoms with E-state index in [0.717, 1.165) is 45.2 Å². The van der Waals surface area contributed by atoms with Crippen LogP contribution < -0.4 is 4.68 Å². The standard InChI is InChI=1S/C57H37N6/c1-3-15-40(16-4-1)53-55-54-46-21-9-7-19-44(46)48(38-25-27-39(28-26-38)50-36-60-33-13-11-23-51(60)58-50)35-49(54)45-20-8-10-22-47(45)57(55)63(56(53)41-17-5-2-6-18-41)43-31-29-42(30-32-43)62-37-61-34-14-12-24-52(61)59-62/h1-37H/q+1. The van der Waals surface area contributed by atoms with Crippen LogP contribution in [0.1, 0.15) is 0 Å². The Labute approximate surface area is 362 Å². The molecule has 0 radical (unpaired) electrons. The van der Waals surface area contributed by atoms with Gasteiger partial charge in [-0.15, -0.1) is 0 Å². The summed E-state index contributed by atoms with van der Waals surface area (Å²) in [6.07, 6.45) is 8.19. The quantitative estimate of drug-likeness (QED) is 0.124. The van der Waals surface area contributed by atoms with E-state index in [0.29, 0.717) is 0 Å². The van der Waals surface area contributed by atoms with Crippen molar-refractivity contribution >= 4 is 54.5 Å². The average Bonchev–Trinajstić information content (AvgIpc) is 4.09. The summed E-state index contributed by atoms with van der Waals surface area (Å²) in [5, 5.41) is 13.4. The number of nitrogens with zero attached hydrogens (tertiary/aromatic N) is 6. The zero-order chi connectivity index (χ0) is 41.4. The molecule has 0 N–H and O–H groups in total. The molecule has 13 aromatic rings. The highest BCUT2D eigenvalue weighted by atomic mass is 15.3. The molecule has 0 bridgehead atoms. The van der Waals surface area contributed by atoms with Crippen LogP contribution in [0.15, 0.2) is 225 Å². The van der Waals surface area contributed by atoms with Crippen LogP contribution in [0, 0.1) is 0 Å². The van der Waals surface area contributed by atoms with Crippen LogP contribution in [0.2, 0.25) is 0 Å². The molecule has 5 heterocycles. The van der Waals surface area contributed by atoms with Crippen molar-refractivity contribution in [1.82, 2.24) is 23.5 Å². The van der Waals surface area contributed by atoms with Crippen molar-refractivity contribution in [3.8, 4) is 56.1 Å². The predicted octanol–water partition coefficient (Wildman–Crippen LogP) is 13.3. The molecule has 8 aromatic carbocycles. The maximum Gasteiger partial charge on any atom is 0.276 e. The fourth-order valence-electron chi connectivity index (χ4n) is 9.76. The van der Waals surface area contributed by atoms with E-state index in [9.17, 15) is 0 Å². The van der Waals surface area contributed by atoms with E-state index in [1.54, 1.807) is 0 Å². The van der Waals surface area contributed by atoms with Gasteiger partial charge in [0.2, 0.25) is 0 Å². The Morgan fingerprint density at radius 3 is 1.78 bits per heavy atom. The number of imidazole rings is 1. The van der Waals surface area contributed by atoms with Crippen LogP contribution in [0.25, 0.3) is 111 Å². The van der Waals surface area contributed by atoms with Gasteiger partial charge in [-0.1, -0.05) is 150 Å². The van der Waals surface area contributed by atoms with Crippen LogP contribution in [-0.4, -0.2) is 23.5 Å². The zero-order valence-electron chi connectivity index (χ0n) is 34.0. The van der Waals surface area contributed by atoms with E-state index < -0.39 is 0 Å². The fraction of sp³-hybridized carbons (Fsp3) is 0. The fourth-order valence-corrected chi connectivity index (χ4v) is 9.76. The highest BCUT2D eigenvalue weighted by molar-refractivity contribution is 6.36. The van der Waals surface area contributed by atoms with E-state index in [2.05, 4.69) is 179 Å². The molecule has 6 nitrogen and oxygen atoms in total. The van der Waals surface area contributed by atoms with Gasteiger partial charge in [-0.05, 0) is 97.4 Å². The molecule has 63 heavy (non-hydrogen) atoms. The second-order valence-electron chi connectivity index (χ2n) is 16.2. The van der Waals surface area contributed by atoms with E-state index in [-0.39, 0.29) is 0 Å². The van der Waals surface area contributed by atoms with Crippen molar-refractivity contribution < 1.29 is 4.68 Å². The van der Waals surface area contributed by atoms with Crippen molar-refractivity contribution in [3.63, 3.8) is 0 Å². The first-order chi connectivity index (χ1) is 31.2. The lowest BCUT2D eigenvalue weighted by atomic mass is 9.87. The Kier molecular flexibility index (Phi) is 7.80. The van der Waals surface area contributed by atoms with E-state index in [4.69, 9.17) is 10.1 Å². The average molecular weight is 806 g/mol. The topological polar surface area (TPSA) is 43.4 Å². The van der Waals surface area contributed by atoms with Crippen LogP contribution in [0.4, 0.5) is 0 Å². The van der Waals surface area contributed by atoms with Crippen molar-refractivity contribution in [2.24, 2.45) is 0 Å². The molecule has 6 heteroatoms. The Morgan fingerprint density at radius 2 is 1.05 bits per heavy atom. The zero-order valence-corrected chi connectivity index (χ0v) is 34.0. The van der Waals surface area contributed by atoms with Crippen LogP contribution in [0.5, 0.6) is 0 Å². The molecule has 0 saturated carbocycles. The highest BCUT2D eigenvalue weighted by Crippen LogP contribution is 2.51. The molecule has 0 amide bonds. The lowest BCUT2D eigenvalue weighted by molar-refractivity contribution is -0.655. The van der Waals surface area contributed by atoms with Gasteiger partial charge in [-0.3, -0.25) is 0 Å². The number of pyridine rings is 2. The predicted molar refractivity (Wildman–Crippen MR) is 257 cm³/mol. The Balaban J connectivity index is 1.12. The van der Waals surface area contributed by atoms with Crippen LogP contribution in [0.3, 0.4) is 0 Å². The molecule has 0 aliphatic heterocycles. The summed E-state index contributed by atoms with van der Waals surface area (Å²) >= 11 is 0. The Morgan fingerprint density at radius 1 is 0.429 bits per heavy atom. The molecule has 0 aliphatic rings. The molecule has 0 aliphatic carbocycles. The summed E-state index contributed by atoms with van der Waals surface area (Å²) in [6, 6.07) is 72.1. The van der Waals surface area contributed by atoms with Crippen LogP contribution in [-0.2, 0) is 0 Å². The van der Waals surface area contributed by atoms with Crippen molar-refractivity contribution in [2.75, 3.05) is 0 Å². The maximum absolute atomic E-state index is 4.91. The molecule has 0 atom stereocenters. The number of benzene rings is 8. The van der Waals surface area contributed by atoms with E-state index >= 15 is 0 Å². The van der Waals surface area contributed by atoms with Crippen molar-refractivity contribution in [3.05, 3.63) is 225 Å². The van der Waals surface area contributed by atoms with E-state index in [1.165, 1.54) is 65.5 Å². The van der Waals surface area contributed by atoms with Gasteiger partial charge in [-0.25, -0.2) is 4.98 Å². The third-order valence-corrected chi connectivity index (χ3v) is 12.6. The first-order valence-electron chi connectivity index (χ1n) is 21.3. The number of rotatable bonds is 6. The second-order valence-corrected chi connectivity index (χ2v) is 16.2. The normalized spacial score (nSPS) is 11.8. The molecule has 0 fully saturated rings.